The molecule has 0 amide bonds. The summed E-state index contributed by atoms with van der Waals surface area (Å²) < 4.78 is 40.4. The number of aldehydes is 1. The first-order valence-corrected chi connectivity index (χ1v) is 12.3. The predicted molar refractivity (Wildman–Crippen MR) is 129 cm³/mol. The van der Waals surface area contributed by atoms with Crippen molar-refractivity contribution in [1.82, 2.24) is 19.7 Å². The molecule has 0 spiro atoms. The molecule has 35 heavy (non-hydrogen) atoms. The molecule has 0 fully saturated rings. The second-order valence-corrected chi connectivity index (χ2v) is 9.37. The van der Waals surface area contributed by atoms with Crippen molar-refractivity contribution >= 4 is 16.3 Å². The Morgan fingerprint density at radius 3 is 2.49 bits per heavy atom. The third-order valence-electron chi connectivity index (χ3n) is 5.20. The summed E-state index contributed by atoms with van der Waals surface area (Å²) in [5, 5.41) is 8.18. The standard InChI is InChI=1S/C25H24N4O5S/c1-33-24-12-7-20(17-30)15-25(24)34-18-21-16-29(28-27-21)22-8-10-23(11-9-22)35(31,32)26-14-13-19-5-3-2-4-6-19/h2-12,15-17,26H,13-14,18H2,1H3. The van der Waals surface area contributed by atoms with Gasteiger partial charge in [-0.15, -0.1) is 5.10 Å². The molecule has 0 aliphatic rings. The van der Waals surface area contributed by atoms with Gasteiger partial charge < -0.3 is 9.47 Å². The first-order valence-electron chi connectivity index (χ1n) is 10.8. The molecule has 9 nitrogen and oxygen atoms in total. The molecule has 0 radical (unpaired) electrons. The summed E-state index contributed by atoms with van der Waals surface area (Å²) in [4.78, 5) is 11.2. The predicted octanol–water partition coefficient (Wildman–Crippen LogP) is 3.19. The maximum Gasteiger partial charge on any atom is 0.240 e. The van der Waals surface area contributed by atoms with Crippen LogP contribution in [-0.4, -0.2) is 43.4 Å². The third kappa shape index (κ3) is 6.11. The highest BCUT2D eigenvalue weighted by Crippen LogP contribution is 2.28. The zero-order valence-electron chi connectivity index (χ0n) is 19.0. The fourth-order valence-corrected chi connectivity index (χ4v) is 4.39. The Morgan fingerprint density at radius 2 is 1.77 bits per heavy atom. The molecule has 1 heterocycles. The Bertz CT molecular complexity index is 1390. The van der Waals surface area contributed by atoms with Gasteiger partial charge in [-0.2, -0.15) is 0 Å². The van der Waals surface area contributed by atoms with Gasteiger partial charge >= 0.3 is 0 Å². The summed E-state index contributed by atoms with van der Waals surface area (Å²) in [6.07, 6.45) is 3.01. The number of hydrogen-bond acceptors (Lipinski definition) is 7. The van der Waals surface area contributed by atoms with Crippen molar-refractivity contribution in [2.24, 2.45) is 0 Å². The molecule has 1 aromatic heterocycles. The Labute approximate surface area is 203 Å². The van der Waals surface area contributed by atoms with Crippen molar-refractivity contribution in [2.75, 3.05) is 13.7 Å². The summed E-state index contributed by atoms with van der Waals surface area (Å²) in [6, 6.07) is 20.9. The molecule has 0 aliphatic heterocycles. The van der Waals surface area contributed by atoms with Gasteiger partial charge in [0.2, 0.25) is 10.0 Å². The van der Waals surface area contributed by atoms with Crippen LogP contribution >= 0.6 is 0 Å². The zero-order valence-corrected chi connectivity index (χ0v) is 19.8. The van der Waals surface area contributed by atoms with Crippen LogP contribution in [0.15, 0.2) is 83.9 Å². The Morgan fingerprint density at radius 1 is 1.00 bits per heavy atom. The molecular formula is C25H24N4O5S. The lowest BCUT2D eigenvalue weighted by Crippen LogP contribution is -2.26. The molecule has 180 valence electrons. The number of nitrogens with one attached hydrogen (secondary N) is 1. The van der Waals surface area contributed by atoms with Gasteiger partial charge in [-0.3, -0.25) is 4.79 Å². The van der Waals surface area contributed by atoms with Crippen molar-refractivity contribution in [3.8, 4) is 17.2 Å². The number of hydrogen-bond donors (Lipinski definition) is 1. The average Bonchev–Trinajstić information content (AvgIpc) is 3.37. The van der Waals surface area contributed by atoms with E-state index >= 15 is 0 Å². The van der Waals surface area contributed by atoms with Crippen LogP contribution in [0.3, 0.4) is 0 Å². The highest BCUT2D eigenvalue weighted by Gasteiger charge is 2.14. The van der Waals surface area contributed by atoms with Crippen LogP contribution in [0.4, 0.5) is 0 Å². The van der Waals surface area contributed by atoms with E-state index in [1.807, 2.05) is 30.3 Å². The molecule has 0 unspecified atom stereocenters. The van der Waals surface area contributed by atoms with Crippen LogP contribution < -0.4 is 14.2 Å². The van der Waals surface area contributed by atoms with Crippen molar-refractivity contribution in [1.29, 1.82) is 0 Å². The third-order valence-corrected chi connectivity index (χ3v) is 6.68. The maximum atomic E-state index is 12.6. The number of nitrogens with zero attached hydrogens (tertiary/aromatic N) is 3. The molecule has 0 atom stereocenters. The topological polar surface area (TPSA) is 112 Å². The van der Waals surface area contributed by atoms with Crippen LogP contribution in [0.2, 0.25) is 0 Å². The van der Waals surface area contributed by atoms with Gasteiger partial charge in [-0.25, -0.2) is 17.8 Å². The molecule has 0 aliphatic carbocycles. The fourth-order valence-electron chi connectivity index (χ4n) is 3.36. The van der Waals surface area contributed by atoms with Gasteiger partial charge in [0.25, 0.3) is 0 Å². The van der Waals surface area contributed by atoms with Crippen LogP contribution in [-0.2, 0) is 23.1 Å². The average molecular weight is 493 g/mol. The number of ether oxygens (including phenoxy) is 2. The van der Waals surface area contributed by atoms with E-state index in [2.05, 4.69) is 15.0 Å². The quantitative estimate of drug-likeness (QED) is 0.320. The number of carbonyl (C=O) groups is 1. The van der Waals surface area contributed by atoms with E-state index in [0.717, 1.165) is 11.8 Å². The number of rotatable bonds is 11. The van der Waals surface area contributed by atoms with Gasteiger partial charge in [-0.05, 0) is 54.4 Å². The molecule has 4 rings (SSSR count). The van der Waals surface area contributed by atoms with Gasteiger partial charge in [0.15, 0.2) is 11.5 Å². The molecule has 1 N–H and O–H groups in total. The Balaban J connectivity index is 1.37. The minimum absolute atomic E-state index is 0.108. The Hall–Kier alpha value is -4.02. The zero-order chi connectivity index (χ0) is 24.7. The van der Waals surface area contributed by atoms with E-state index in [1.54, 1.807) is 36.5 Å². The minimum Gasteiger partial charge on any atom is -0.493 e. The van der Waals surface area contributed by atoms with E-state index in [9.17, 15) is 13.2 Å². The molecular weight excluding hydrogens is 468 g/mol. The maximum absolute atomic E-state index is 12.6. The van der Waals surface area contributed by atoms with Gasteiger partial charge in [-0.1, -0.05) is 35.5 Å². The number of benzene rings is 3. The first-order chi connectivity index (χ1) is 17.0. The number of methoxy groups -OCH3 is 1. The number of carbonyl (C=O) groups excluding carboxylic acids is 1. The summed E-state index contributed by atoms with van der Waals surface area (Å²) in [5.74, 6) is 0.915. The van der Waals surface area contributed by atoms with E-state index in [0.29, 0.717) is 41.4 Å². The fraction of sp³-hybridized carbons (Fsp3) is 0.160. The number of sulfonamides is 1. The lowest BCUT2D eigenvalue weighted by atomic mass is 10.2. The molecule has 10 heteroatoms. The molecule has 3 aromatic carbocycles. The lowest BCUT2D eigenvalue weighted by Gasteiger charge is -2.09. The van der Waals surface area contributed by atoms with Crippen LogP contribution in [0.5, 0.6) is 11.5 Å². The molecule has 0 saturated heterocycles. The molecule has 4 aromatic rings. The summed E-state index contributed by atoms with van der Waals surface area (Å²) in [5.41, 5.74) is 2.72. The molecule has 0 saturated carbocycles. The van der Waals surface area contributed by atoms with Crippen LogP contribution in [0, 0.1) is 0 Å². The van der Waals surface area contributed by atoms with Crippen molar-refractivity contribution in [3.05, 3.63) is 95.8 Å². The van der Waals surface area contributed by atoms with Gasteiger partial charge in [0.05, 0.1) is 23.9 Å². The van der Waals surface area contributed by atoms with Crippen molar-refractivity contribution < 1.29 is 22.7 Å². The normalized spacial score (nSPS) is 11.2. The molecule has 0 bridgehead atoms. The minimum atomic E-state index is -3.63. The van der Waals surface area contributed by atoms with Crippen molar-refractivity contribution in [3.63, 3.8) is 0 Å². The van der Waals surface area contributed by atoms with E-state index < -0.39 is 10.0 Å². The highest BCUT2D eigenvalue weighted by molar-refractivity contribution is 7.89. The van der Waals surface area contributed by atoms with Crippen molar-refractivity contribution in [2.45, 2.75) is 17.9 Å². The lowest BCUT2D eigenvalue weighted by molar-refractivity contribution is 0.112. The van der Waals surface area contributed by atoms with E-state index in [4.69, 9.17) is 9.47 Å². The summed E-state index contributed by atoms with van der Waals surface area (Å²) >= 11 is 0. The highest BCUT2D eigenvalue weighted by atomic mass is 32.2. The summed E-state index contributed by atoms with van der Waals surface area (Å²) in [7, 11) is -2.11. The smallest absolute Gasteiger partial charge is 0.240 e. The van der Waals surface area contributed by atoms with Crippen LogP contribution in [0.1, 0.15) is 21.6 Å². The Kier molecular flexibility index (Phi) is 7.54. The van der Waals surface area contributed by atoms with Crippen LogP contribution in [0.25, 0.3) is 5.69 Å². The monoisotopic (exact) mass is 492 g/mol. The summed E-state index contributed by atoms with van der Waals surface area (Å²) in [6.45, 7) is 0.414. The second-order valence-electron chi connectivity index (χ2n) is 7.60. The largest absolute Gasteiger partial charge is 0.493 e. The first kappa shape index (κ1) is 24.1. The van der Waals surface area contributed by atoms with E-state index in [1.165, 1.54) is 23.9 Å². The van der Waals surface area contributed by atoms with Gasteiger partial charge in [0.1, 0.15) is 18.6 Å². The SMILES string of the molecule is COc1ccc(C=O)cc1OCc1cn(-c2ccc(S(=O)(=O)NCCc3ccccc3)cc2)nn1. The van der Waals surface area contributed by atoms with Gasteiger partial charge in [0, 0.05) is 12.1 Å². The van der Waals surface area contributed by atoms with E-state index in [-0.39, 0.29) is 11.5 Å². The second kappa shape index (κ2) is 10.9. The number of aromatic nitrogens is 3.